The maximum absolute atomic E-state index is 12.2. The highest BCUT2D eigenvalue weighted by Gasteiger charge is 2.11. The average Bonchev–Trinajstić information content (AvgIpc) is 3.11. The molecule has 0 spiro atoms. The zero-order chi connectivity index (χ0) is 16.9. The number of ether oxygens (including phenoxy) is 1. The van der Waals surface area contributed by atoms with Crippen molar-refractivity contribution in [1.29, 1.82) is 0 Å². The number of nitrogens with zero attached hydrogens (tertiary/aromatic N) is 1. The molecule has 122 valence electrons. The van der Waals surface area contributed by atoms with Gasteiger partial charge >= 0.3 is 0 Å². The largest absolute Gasteiger partial charge is 0.497 e. The lowest BCUT2D eigenvalue weighted by molar-refractivity contribution is 0.0946. The molecule has 5 nitrogen and oxygen atoms in total. The maximum Gasteiger partial charge on any atom is 0.269 e. The molecule has 5 heteroatoms. The summed E-state index contributed by atoms with van der Waals surface area (Å²) in [5.74, 6) is 0.568. The van der Waals surface area contributed by atoms with E-state index in [0.717, 1.165) is 16.9 Å². The van der Waals surface area contributed by atoms with Crippen LogP contribution in [-0.4, -0.2) is 23.2 Å². The van der Waals surface area contributed by atoms with Crippen LogP contribution in [0.3, 0.4) is 0 Å². The molecule has 0 radical (unpaired) electrons. The summed E-state index contributed by atoms with van der Waals surface area (Å²) in [6, 6.07) is 17.4. The lowest BCUT2D eigenvalue weighted by Crippen LogP contribution is -2.23. The van der Waals surface area contributed by atoms with Gasteiger partial charge in [-0.3, -0.25) is 9.89 Å². The van der Waals surface area contributed by atoms with Crippen LogP contribution in [0, 0.1) is 6.92 Å². The van der Waals surface area contributed by atoms with E-state index in [0.29, 0.717) is 17.9 Å². The van der Waals surface area contributed by atoms with Crippen molar-refractivity contribution in [2.45, 2.75) is 13.5 Å². The summed E-state index contributed by atoms with van der Waals surface area (Å²) in [5, 5.41) is 9.88. The van der Waals surface area contributed by atoms with Gasteiger partial charge in [-0.15, -0.1) is 0 Å². The summed E-state index contributed by atoms with van der Waals surface area (Å²) in [6.07, 6.45) is 0. The van der Waals surface area contributed by atoms with Gasteiger partial charge < -0.3 is 10.1 Å². The van der Waals surface area contributed by atoms with Crippen molar-refractivity contribution < 1.29 is 9.53 Å². The molecule has 2 N–H and O–H groups in total. The van der Waals surface area contributed by atoms with E-state index in [9.17, 15) is 4.79 Å². The van der Waals surface area contributed by atoms with Gasteiger partial charge in [-0.2, -0.15) is 5.10 Å². The molecule has 0 aliphatic heterocycles. The minimum absolute atomic E-state index is 0.183. The highest BCUT2D eigenvalue weighted by atomic mass is 16.5. The quantitative estimate of drug-likeness (QED) is 0.757. The molecule has 1 heterocycles. The van der Waals surface area contributed by atoms with Crippen LogP contribution in [-0.2, 0) is 6.54 Å². The predicted octanol–water partition coefficient (Wildman–Crippen LogP) is 3.32. The van der Waals surface area contributed by atoms with E-state index in [1.54, 1.807) is 13.2 Å². The molecule has 0 fully saturated rings. The van der Waals surface area contributed by atoms with E-state index >= 15 is 0 Å². The van der Waals surface area contributed by atoms with Gasteiger partial charge in [-0.1, -0.05) is 42.0 Å². The molecule has 3 rings (SSSR count). The first kappa shape index (κ1) is 15.8. The number of aromatic amines is 1. The summed E-state index contributed by atoms with van der Waals surface area (Å²) >= 11 is 0. The first-order valence-corrected chi connectivity index (χ1v) is 7.69. The number of aryl methyl sites for hydroxylation is 1. The molecule has 0 aliphatic carbocycles. The average molecular weight is 321 g/mol. The summed E-state index contributed by atoms with van der Waals surface area (Å²) in [5.41, 5.74) is 4.28. The zero-order valence-electron chi connectivity index (χ0n) is 13.7. The fourth-order valence-electron chi connectivity index (χ4n) is 2.35. The fraction of sp³-hybridized carbons (Fsp3) is 0.158. The first-order valence-electron chi connectivity index (χ1n) is 7.69. The van der Waals surface area contributed by atoms with Gasteiger partial charge in [0.25, 0.3) is 5.91 Å². The molecule has 1 amide bonds. The monoisotopic (exact) mass is 321 g/mol. The van der Waals surface area contributed by atoms with Crippen molar-refractivity contribution in [3.63, 3.8) is 0 Å². The van der Waals surface area contributed by atoms with E-state index in [1.165, 1.54) is 5.56 Å². The highest BCUT2D eigenvalue weighted by Crippen LogP contribution is 2.22. The third-order valence-electron chi connectivity index (χ3n) is 3.76. The van der Waals surface area contributed by atoms with Gasteiger partial charge in [-0.25, -0.2) is 0 Å². The molecule has 3 aromatic rings. The van der Waals surface area contributed by atoms with Crippen molar-refractivity contribution in [3.05, 3.63) is 71.4 Å². The summed E-state index contributed by atoms with van der Waals surface area (Å²) < 4.78 is 5.21. The van der Waals surface area contributed by atoms with Gasteiger partial charge in [-0.05, 0) is 30.7 Å². The number of carbonyl (C=O) groups is 1. The number of hydrogen-bond donors (Lipinski definition) is 2. The Morgan fingerprint density at radius 2 is 1.96 bits per heavy atom. The van der Waals surface area contributed by atoms with Crippen LogP contribution >= 0.6 is 0 Å². The lowest BCUT2D eigenvalue weighted by Gasteiger charge is -2.04. The van der Waals surface area contributed by atoms with E-state index in [-0.39, 0.29) is 5.91 Å². The fourth-order valence-corrected chi connectivity index (χ4v) is 2.35. The zero-order valence-corrected chi connectivity index (χ0v) is 13.7. The SMILES string of the molecule is COc1cccc(-c2cc(C(=O)NCc3ccc(C)cc3)[nH]n2)c1. The molecule has 0 saturated heterocycles. The van der Waals surface area contributed by atoms with Crippen LogP contribution in [0.2, 0.25) is 0 Å². The topological polar surface area (TPSA) is 67.0 Å². The third-order valence-corrected chi connectivity index (χ3v) is 3.76. The Kier molecular flexibility index (Phi) is 4.61. The van der Waals surface area contributed by atoms with Crippen molar-refractivity contribution in [1.82, 2.24) is 15.5 Å². The van der Waals surface area contributed by atoms with Gasteiger partial charge in [0.05, 0.1) is 12.8 Å². The number of amides is 1. The third kappa shape index (κ3) is 3.63. The Morgan fingerprint density at radius 3 is 2.71 bits per heavy atom. The normalized spacial score (nSPS) is 10.4. The first-order chi connectivity index (χ1) is 11.7. The number of aromatic nitrogens is 2. The standard InChI is InChI=1S/C19H19N3O2/c1-13-6-8-14(9-7-13)12-20-19(23)18-11-17(21-22-18)15-4-3-5-16(10-15)24-2/h3-11H,12H2,1-2H3,(H,20,23)(H,21,22). The molecule has 0 saturated carbocycles. The van der Waals surface area contributed by atoms with Crippen LogP contribution < -0.4 is 10.1 Å². The van der Waals surface area contributed by atoms with Crippen molar-refractivity contribution >= 4 is 5.91 Å². The second kappa shape index (κ2) is 7.00. The van der Waals surface area contributed by atoms with Gasteiger partial charge in [0.2, 0.25) is 0 Å². The Bertz CT molecular complexity index is 838. The molecule has 2 aromatic carbocycles. The molecule has 0 atom stereocenters. The van der Waals surface area contributed by atoms with Crippen LogP contribution in [0.1, 0.15) is 21.6 Å². The number of carbonyl (C=O) groups excluding carboxylic acids is 1. The molecule has 0 unspecified atom stereocenters. The van der Waals surface area contributed by atoms with Crippen LogP contribution in [0.4, 0.5) is 0 Å². The van der Waals surface area contributed by atoms with Crippen LogP contribution in [0.15, 0.2) is 54.6 Å². The Balaban J connectivity index is 1.68. The number of nitrogens with one attached hydrogen (secondary N) is 2. The van der Waals surface area contributed by atoms with E-state index in [4.69, 9.17) is 4.74 Å². The maximum atomic E-state index is 12.2. The number of rotatable bonds is 5. The van der Waals surface area contributed by atoms with Gasteiger partial charge in [0, 0.05) is 12.1 Å². The summed E-state index contributed by atoms with van der Waals surface area (Å²) in [4.78, 5) is 12.2. The molecular formula is C19H19N3O2. The second-order valence-corrected chi connectivity index (χ2v) is 5.57. The Morgan fingerprint density at radius 1 is 1.17 bits per heavy atom. The molecule has 24 heavy (non-hydrogen) atoms. The second-order valence-electron chi connectivity index (χ2n) is 5.57. The minimum Gasteiger partial charge on any atom is -0.497 e. The van der Waals surface area contributed by atoms with Crippen molar-refractivity contribution in [3.8, 4) is 17.0 Å². The molecule has 1 aromatic heterocycles. The van der Waals surface area contributed by atoms with E-state index in [2.05, 4.69) is 15.5 Å². The summed E-state index contributed by atoms with van der Waals surface area (Å²) in [6.45, 7) is 2.51. The molecule has 0 aliphatic rings. The smallest absolute Gasteiger partial charge is 0.269 e. The lowest BCUT2D eigenvalue weighted by atomic mass is 10.1. The highest BCUT2D eigenvalue weighted by molar-refractivity contribution is 5.93. The number of methoxy groups -OCH3 is 1. The van der Waals surface area contributed by atoms with Gasteiger partial charge in [0.15, 0.2) is 0 Å². The van der Waals surface area contributed by atoms with Gasteiger partial charge in [0.1, 0.15) is 11.4 Å². The Labute approximate surface area is 140 Å². The Hall–Kier alpha value is -3.08. The van der Waals surface area contributed by atoms with E-state index < -0.39 is 0 Å². The minimum atomic E-state index is -0.183. The van der Waals surface area contributed by atoms with Crippen LogP contribution in [0.25, 0.3) is 11.3 Å². The molecule has 0 bridgehead atoms. The number of H-pyrrole nitrogens is 1. The number of benzene rings is 2. The van der Waals surface area contributed by atoms with Crippen molar-refractivity contribution in [2.75, 3.05) is 7.11 Å². The predicted molar refractivity (Wildman–Crippen MR) is 92.9 cm³/mol. The molecular weight excluding hydrogens is 302 g/mol. The van der Waals surface area contributed by atoms with Crippen LogP contribution in [0.5, 0.6) is 5.75 Å². The van der Waals surface area contributed by atoms with Crippen molar-refractivity contribution in [2.24, 2.45) is 0 Å². The summed E-state index contributed by atoms with van der Waals surface area (Å²) in [7, 11) is 1.62. The van der Waals surface area contributed by atoms with E-state index in [1.807, 2.05) is 55.5 Å². The number of hydrogen-bond acceptors (Lipinski definition) is 3.